The second-order valence-corrected chi connectivity index (χ2v) is 6.50. The van der Waals surface area contributed by atoms with Crippen LogP contribution >= 0.6 is 11.8 Å². The Balaban J connectivity index is 2.08. The number of ether oxygens (including phenoxy) is 1. The SMILES string of the molecule is COC(=O)CC(=O)CSCCCCCCc1ccccc1[N+](=O)[O-]. The van der Waals surface area contributed by atoms with Crippen molar-refractivity contribution in [1.29, 1.82) is 0 Å². The number of esters is 1. The molecule has 0 amide bonds. The van der Waals surface area contributed by atoms with Gasteiger partial charge >= 0.3 is 5.97 Å². The molecule has 1 aromatic rings. The number of methoxy groups -OCH3 is 1. The van der Waals surface area contributed by atoms with E-state index in [1.807, 2.05) is 6.07 Å². The molecule has 0 heterocycles. The summed E-state index contributed by atoms with van der Waals surface area (Å²) in [6, 6.07) is 6.85. The van der Waals surface area contributed by atoms with E-state index in [1.165, 1.54) is 24.9 Å². The van der Waals surface area contributed by atoms with Gasteiger partial charge < -0.3 is 4.74 Å². The van der Waals surface area contributed by atoms with Crippen LogP contribution in [0.25, 0.3) is 0 Å². The first kappa shape index (κ1) is 20.2. The fourth-order valence-electron chi connectivity index (χ4n) is 2.24. The van der Waals surface area contributed by atoms with Crippen molar-refractivity contribution in [3.63, 3.8) is 0 Å². The van der Waals surface area contributed by atoms with E-state index in [4.69, 9.17) is 0 Å². The van der Waals surface area contributed by atoms with Crippen LogP contribution in [0.4, 0.5) is 5.69 Å². The van der Waals surface area contributed by atoms with E-state index in [2.05, 4.69) is 4.74 Å². The molecule has 0 saturated carbocycles. The Morgan fingerprint density at radius 2 is 1.88 bits per heavy atom. The van der Waals surface area contributed by atoms with E-state index in [0.717, 1.165) is 37.0 Å². The summed E-state index contributed by atoms with van der Waals surface area (Å²) < 4.78 is 4.44. The van der Waals surface area contributed by atoms with E-state index in [9.17, 15) is 19.7 Å². The van der Waals surface area contributed by atoms with Crippen LogP contribution < -0.4 is 0 Å². The standard InChI is InChI=1S/C17H23NO5S/c1-23-17(20)12-15(19)13-24-11-7-3-2-4-8-14-9-5-6-10-16(14)18(21)22/h5-6,9-10H,2-4,7-8,11-13H2,1H3. The highest BCUT2D eigenvalue weighted by molar-refractivity contribution is 7.99. The summed E-state index contributed by atoms with van der Waals surface area (Å²) in [6.45, 7) is 0. The monoisotopic (exact) mass is 353 g/mol. The highest BCUT2D eigenvalue weighted by Crippen LogP contribution is 2.20. The van der Waals surface area contributed by atoms with Gasteiger partial charge in [-0.15, -0.1) is 0 Å². The van der Waals surface area contributed by atoms with E-state index in [1.54, 1.807) is 12.1 Å². The molecule has 132 valence electrons. The number of thioether (sulfide) groups is 1. The predicted octanol–water partition coefficient (Wildman–Crippen LogP) is 3.56. The van der Waals surface area contributed by atoms with Gasteiger partial charge in [-0.1, -0.05) is 31.0 Å². The zero-order valence-corrected chi connectivity index (χ0v) is 14.7. The lowest BCUT2D eigenvalue weighted by Gasteiger charge is -2.04. The molecule has 6 nitrogen and oxygen atoms in total. The maximum atomic E-state index is 11.4. The molecular weight excluding hydrogens is 330 g/mol. The number of unbranched alkanes of at least 4 members (excludes halogenated alkanes) is 3. The third-order valence-electron chi connectivity index (χ3n) is 3.51. The number of nitrogens with zero attached hydrogens (tertiary/aromatic N) is 1. The molecule has 0 saturated heterocycles. The molecular formula is C17H23NO5S. The normalized spacial score (nSPS) is 10.4. The van der Waals surface area contributed by atoms with Crippen molar-refractivity contribution >= 4 is 29.2 Å². The first-order valence-electron chi connectivity index (χ1n) is 7.93. The molecule has 0 unspecified atom stereocenters. The highest BCUT2D eigenvalue weighted by Gasteiger charge is 2.11. The summed E-state index contributed by atoms with van der Waals surface area (Å²) in [7, 11) is 1.27. The summed E-state index contributed by atoms with van der Waals surface area (Å²) in [5.41, 5.74) is 0.974. The predicted molar refractivity (Wildman–Crippen MR) is 94.2 cm³/mol. The molecule has 24 heavy (non-hydrogen) atoms. The average Bonchev–Trinajstić information content (AvgIpc) is 2.57. The first-order chi connectivity index (χ1) is 11.5. The van der Waals surface area contributed by atoms with Crippen LogP contribution in [-0.2, 0) is 20.7 Å². The number of nitro benzene ring substituents is 1. The molecule has 1 aromatic carbocycles. The zero-order valence-electron chi connectivity index (χ0n) is 13.9. The van der Waals surface area contributed by atoms with Gasteiger partial charge in [0.1, 0.15) is 6.42 Å². The van der Waals surface area contributed by atoms with Gasteiger partial charge in [-0.2, -0.15) is 11.8 Å². The van der Waals surface area contributed by atoms with Crippen molar-refractivity contribution in [3.8, 4) is 0 Å². The number of para-hydroxylation sites is 1. The van der Waals surface area contributed by atoms with Crippen LogP contribution in [0.15, 0.2) is 24.3 Å². The number of carbonyl (C=O) groups excluding carboxylic acids is 2. The Kier molecular flexibility index (Phi) is 9.76. The number of nitro groups is 1. The fourth-order valence-corrected chi connectivity index (χ4v) is 3.13. The maximum absolute atomic E-state index is 11.4. The minimum absolute atomic E-state index is 0.108. The highest BCUT2D eigenvalue weighted by atomic mass is 32.2. The van der Waals surface area contributed by atoms with E-state index >= 15 is 0 Å². The summed E-state index contributed by atoms with van der Waals surface area (Å²) >= 11 is 1.53. The van der Waals surface area contributed by atoms with Gasteiger partial charge in [0.15, 0.2) is 5.78 Å². The number of aryl methyl sites for hydroxylation is 1. The Hall–Kier alpha value is -1.89. The van der Waals surface area contributed by atoms with Crippen LogP contribution in [0, 0.1) is 10.1 Å². The quantitative estimate of drug-likeness (QED) is 0.188. The van der Waals surface area contributed by atoms with Crippen molar-refractivity contribution in [2.45, 2.75) is 38.5 Å². The topological polar surface area (TPSA) is 86.5 Å². The summed E-state index contributed by atoms with van der Waals surface area (Å²) in [5, 5.41) is 10.9. The number of hydrogen-bond acceptors (Lipinski definition) is 6. The Morgan fingerprint density at radius 1 is 1.17 bits per heavy atom. The average molecular weight is 353 g/mol. The van der Waals surface area contributed by atoms with Crippen LogP contribution in [0.3, 0.4) is 0 Å². The van der Waals surface area contributed by atoms with Crippen LogP contribution in [0.2, 0.25) is 0 Å². The van der Waals surface area contributed by atoms with Crippen molar-refractivity contribution < 1.29 is 19.2 Å². The Bertz CT molecular complexity index is 562. The molecule has 0 aliphatic rings. The summed E-state index contributed by atoms with van der Waals surface area (Å²) in [6.07, 6.45) is 4.49. The third-order valence-corrected chi connectivity index (χ3v) is 4.61. The molecule has 0 aliphatic heterocycles. The lowest BCUT2D eigenvalue weighted by Crippen LogP contribution is -2.11. The van der Waals surface area contributed by atoms with Crippen molar-refractivity contribution in [1.82, 2.24) is 0 Å². The van der Waals surface area contributed by atoms with Gasteiger partial charge in [-0.05, 0) is 25.0 Å². The van der Waals surface area contributed by atoms with E-state index in [0.29, 0.717) is 12.2 Å². The molecule has 7 heteroatoms. The van der Waals surface area contributed by atoms with Crippen LogP contribution in [0.5, 0.6) is 0 Å². The first-order valence-corrected chi connectivity index (χ1v) is 9.08. The van der Waals surface area contributed by atoms with Gasteiger partial charge in [0.05, 0.1) is 17.8 Å². The van der Waals surface area contributed by atoms with Crippen LogP contribution in [0.1, 0.15) is 37.7 Å². The molecule has 0 N–H and O–H groups in total. The molecule has 0 fully saturated rings. The van der Waals surface area contributed by atoms with Crippen molar-refractivity contribution in [2.24, 2.45) is 0 Å². The Morgan fingerprint density at radius 3 is 2.58 bits per heavy atom. The third kappa shape index (κ3) is 8.10. The molecule has 0 aliphatic carbocycles. The lowest BCUT2D eigenvalue weighted by molar-refractivity contribution is -0.385. The minimum atomic E-state index is -0.490. The van der Waals surface area contributed by atoms with Gasteiger partial charge in [-0.25, -0.2) is 0 Å². The number of benzene rings is 1. The fraction of sp³-hybridized carbons (Fsp3) is 0.529. The number of rotatable bonds is 12. The second kappa shape index (κ2) is 11.6. The van der Waals surface area contributed by atoms with Crippen molar-refractivity contribution in [2.75, 3.05) is 18.6 Å². The lowest BCUT2D eigenvalue weighted by atomic mass is 10.0. The number of ketones is 1. The molecule has 0 spiro atoms. The maximum Gasteiger partial charge on any atom is 0.313 e. The number of hydrogen-bond donors (Lipinski definition) is 0. The smallest absolute Gasteiger partial charge is 0.313 e. The molecule has 1 rings (SSSR count). The second-order valence-electron chi connectivity index (χ2n) is 5.39. The van der Waals surface area contributed by atoms with Crippen LogP contribution in [-0.4, -0.2) is 35.3 Å². The molecule has 0 aromatic heterocycles. The van der Waals surface area contributed by atoms with Crippen molar-refractivity contribution in [3.05, 3.63) is 39.9 Å². The number of Topliss-reactive ketones (excluding diaryl/α,β-unsaturated/α-hetero) is 1. The largest absolute Gasteiger partial charge is 0.469 e. The van der Waals surface area contributed by atoms with E-state index in [-0.39, 0.29) is 22.8 Å². The van der Waals surface area contributed by atoms with Gasteiger partial charge in [0.2, 0.25) is 0 Å². The Labute approximate surface area is 146 Å². The van der Waals surface area contributed by atoms with E-state index < -0.39 is 5.97 Å². The summed E-state index contributed by atoms with van der Waals surface area (Å²) in [4.78, 5) is 32.9. The van der Waals surface area contributed by atoms with Gasteiger partial charge in [0, 0.05) is 11.6 Å². The molecule has 0 radical (unpaired) electrons. The zero-order chi connectivity index (χ0) is 17.8. The molecule has 0 atom stereocenters. The van der Waals surface area contributed by atoms with Gasteiger partial charge in [0.25, 0.3) is 5.69 Å². The summed E-state index contributed by atoms with van der Waals surface area (Å²) in [5.74, 6) is 0.614. The minimum Gasteiger partial charge on any atom is -0.469 e. The number of carbonyl (C=O) groups is 2. The van der Waals surface area contributed by atoms with Gasteiger partial charge in [-0.3, -0.25) is 19.7 Å². The molecule has 0 bridgehead atoms.